The Kier molecular flexibility index (Phi) is 10.9. The molecule has 4 N–H and O–H groups in total. The van der Waals surface area contributed by atoms with Crippen molar-refractivity contribution in [1.29, 1.82) is 0 Å². The molecule has 0 bridgehead atoms. The molecule has 0 saturated heterocycles. The topological polar surface area (TPSA) is 171 Å². The summed E-state index contributed by atoms with van der Waals surface area (Å²) in [6.07, 6.45) is 2.29. The van der Waals surface area contributed by atoms with E-state index < -0.39 is 53.6 Å². The quantitative estimate of drug-likeness (QED) is 0.124. The van der Waals surface area contributed by atoms with Crippen LogP contribution in [0.15, 0.2) is 12.2 Å². The molecule has 0 aromatic rings. The molecule has 1 rings (SSSR count). The highest BCUT2D eigenvalue weighted by Crippen LogP contribution is 2.02. The smallest absolute Gasteiger partial charge is 0.253 e. The van der Waals surface area contributed by atoms with Gasteiger partial charge in [0.1, 0.15) is 18.1 Å². The highest BCUT2D eigenvalue weighted by atomic mass is 127. The molecule has 0 aromatic carbocycles. The van der Waals surface area contributed by atoms with Gasteiger partial charge in [-0.05, 0) is 43.4 Å². The zero-order valence-corrected chi connectivity index (χ0v) is 20.1. The molecule has 0 spiro atoms. The maximum absolute atomic E-state index is 12.2. The van der Waals surface area contributed by atoms with Crippen LogP contribution < -0.4 is 21.3 Å². The third-order valence-electron chi connectivity index (χ3n) is 4.36. The Morgan fingerprint density at radius 3 is 1.78 bits per heavy atom. The van der Waals surface area contributed by atoms with E-state index in [1.807, 2.05) is 0 Å². The van der Waals surface area contributed by atoms with Crippen LogP contribution in [-0.4, -0.2) is 75.3 Å². The Hall–Kier alpha value is -2.84. The molecular formula is C19H26IN5O7. The van der Waals surface area contributed by atoms with Crippen LogP contribution in [0, 0.1) is 0 Å². The van der Waals surface area contributed by atoms with Gasteiger partial charge in [0.2, 0.25) is 23.6 Å². The van der Waals surface area contributed by atoms with Crippen molar-refractivity contribution in [3.8, 4) is 0 Å². The molecule has 3 atom stereocenters. The number of carbonyl (C=O) groups excluding carboxylic acids is 7. The van der Waals surface area contributed by atoms with Gasteiger partial charge in [-0.2, -0.15) is 0 Å². The van der Waals surface area contributed by atoms with Gasteiger partial charge in [-0.25, -0.2) is 0 Å². The molecule has 1 aliphatic rings. The van der Waals surface area contributed by atoms with Crippen molar-refractivity contribution in [3.63, 3.8) is 0 Å². The summed E-state index contributed by atoms with van der Waals surface area (Å²) in [7, 11) is 0. The molecule has 0 fully saturated rings. The zero-order valence-electron chi connectivity index (χ0n) is 17.9. The summed E-state index contributed by atoms with van der Waals surface area (Å²) in [5.74, 6) is -3.14. The molecule has 0 radical (unpaired) electrons. The SMILES string of the molecule is CC(NC(=O)CCC(=O)I)C(=O)NC(C)C(=O)NC(C)C(=O)NCCN1C(=O)C=CC1=O. The van der Waals surface area contributed by atoms with Gasteiger partial charge in [0.15, 0.2) is 3.79 Å². The lowest BCUT2D eigenvalue weighted by Crippen LogP contribution is -2.55. The van der Waals surface area contributed by atoms with Crippen LogP contribution >= 0.6 is 22.6 Å². The van der Waals surface area contributed by atoms with Crippen molar-refractivity contribution in [2.45, 2.75) is 51.7 Å². The molecule has 176 valence electrons. The van der Waals surface area contributed by atoms with E-state index in [1.54, 1.807) is 22.6 Å². The summed E-state index contributed by atoms with van der Waals surface area (Å²) in [5, 5.41) is 9.81. The minimum Gasteiger partial charge on any atom is -0.353 e. The molecule has 1 aliphatic heterocycles. The van der Waals surface area contributed by atoms with Gasteiger partial charge in [0.05, 0.1) is 0 Å². The molecule has 32 heavy (non-hydrogen) atoms. The van der Waals surface area contributed by atoms with Crippen LogP contribution in [-0.2, 0) is 33.6 Å². The second kappa shape index (κ2) is 12.9. The van der Waals surface area contributed by atoms with Crippen LogP contribution in [0.2, 0.25) is 0 Å². The number of carbonyl (C=O) groups is 7. The highest BCUT2D eigenvalue weighted by molar-refractivity contribution is 14.1. The molecule has 0 aliphatic carbocycles. The van der Waals surface area contributed by atoms with E-state index in [0.29, 0.717) is 0 Å². The van der Waals surface area contributed by atoms with E-state index >= 15 is 0 Å². The molecule has 12 nitrogen and oxygen atoms in total. The summed E-state index contributed by atoms with van der Waals surface area (Å²) in [4.78, 5) is 83.0. The van der Waals surface area contributed by atoms with Crippen molar-refractivity contribution in [3.05, 3.63) is 12.2 Å². The van der Waals surface area contributed by atoms with E-state index in [1.165, 1.54) is 20.8 Å². The Labute approximate surface area is 198 Å². The van der Waals surface area contributed by atoms with Crippen LogP contribution in [0.25, 0.3) is 0 Å². The lowest BCUT2D eigenvalue weighted by atomic mass is 10.2. The average molecular weight is 563 g/mol. The summed E-state index contributed by atoms with van der Waals surface area (Å²) >= 11 is 1.57. The minimum atomic E-state index is -0.987. The van der Waals surface area contributed by atoms with Crippen molar-refractivity contribution in [2.24, 2.45) is 0 Å². The molecule has 0 aromatic heterocycles. The summed E-state index contributed by atoms with van der Waals surface area (Å²) in [5.41, 5.74) is 0. The number of imide groups is 1. The largest absolute Gasteiger partial charge is 0.353 e. The second-order valence-corrected chi connectivity index (χ2v) is 8.26. The van der Waals surface area contributed by atoms with Crippen molar-refractivity contribution < 1.29 is 33.6 Å². The molecule has 13 heteroatoms. The van der Waals surface area contributed by atoms with Gasteiger partial charge in [0.25, 0.3) is 11.8 Å². The van der Waals surface area contributed by atoms with Crippen LogP contribution in [0.1, 0.15) is 33.6 Å². The lowest BCUT2D eigenvalue weighted by Gasteiger charge is -2.21. The summed E-state index contributed by atoms with van der Waals surface area (Å²) in [6, 6.07) is -2.85. The number of halogens is 1. The fraction of sp³-hybridized carbons (Fsp3) is 0.526. The first-order valence-corrected chi connectivity index (χ1v) is 10.9. The number of rotatable bonds is 12. The van der Waals surface area contributed by atoms with Gasteiger partial charge in [-0.3, -0.25) is 38.5 Å². The molecule has 6 amide bonds. The fourth-order valence-electron chi connectivity index (χ4n) is 2.49. The van der Waals surface area contributed by atoms with Gasteiger partial charge in [-0.15, -0.1) is 0 Å². The zero-order chi connectivity index (χ0) is 24.4. The van der Waals surface area contributed by atoms with Crippen LogP contribution in [0.5, 0.6) is 0 Å². The summed E-state index contributed by atoms with van der Waals surface area (Å²) < 4.78 is -0.173. The average Bonchev–Trinajstić information content (AvgIpc) is 3.03. The van der Waals surface area contributed by atoms with Gasteiger partial charge in [0, 0.05) is 38.1 Å². The molecule has 0 saturated carbocycles. The van der Waals surface area contributed by atoms with Gasteiger partial charge < -0.3 is 21.3 Å². The lowest BCUT2D eigenvalue weighted by molar-refractivity contribution is -0.137. The van der Waals surface area contributed by atoms with E-state index in [9.17, 15) is 33.6 Å². The van der Waals surface area contributed by atoms with Crippen molar-refractivity contribution >= 4 is 61.8 Å². The third-order valence-corrected chi connectivity index (χ3v) is 4.90. The van der Waals surface area contributed by atoms with Crippen molar-refractivity contribution in [2.75, 3.05) is 13.1 Å². The summed E-state index contributed by atoms with van der Waals surface area (Å²) in [6.45, 7) is 4.31. The minimum absolute atomic E-state index is 0.000853. The number of amides is 6. The Balaban J connectivity index is 2.37. The molecule has 1 heterocycles. The van der Waals surface area contributed by atoms with Gasteiger partial charge in [-0.1, -0.05) is 0 Å². The molecular weight excluding hydrogens is 537 g/mol. The van der Waals surface area contributed by atoms with Crippen LogP contribution in [0.3, 0.4) is 0 Å². The maximum atomic E-state index is 12.2. The van der Waals surface area contributed by atoms with Gasteiger partial charge >= 0.3 is 0 Å². The van der Waals surface area contributed by atoms with E-state index in [2.05, 4.69) is 21.3 Å². The number of nitrogens with one attached hydrogen (secondary N) is 4. The van der Waals surface area contributed by atoms with Crippen LogP contribution in [0.4, 0.5) is 0 Å². The highest BCUT2D eigenvalue weighted by Gasteiger charge is 2.25. The number of hydrogen-bond acceptors (Lipinski definition) is 7. The fourth-order valence-corrected chi connectivity index (χ4v) is 2.76. The monoisotopic (exact) mass is 563 g/mol. The predicted octanol–water partition coefficient (Wildman–Crippen LogP) is -1.72. The first-order chi connectivity index (χ1) is 14.9. The standard InChI is InChI=1S/C19H26IN5O7/c1-10(17(30)21-8-9-25-15(28)6-7-16(25)29)23-19(32)12(3)24-18(31)11(2)22-14(27)5-4-13(20)26/h6-7,10-12H,4-5,8-9H2,1-3H3,(H,21,30)(H,22,27)(H,23,32)(H,24,31). The Bertz CT molecular complexity index is 811. The maximum Gasteiger partial charge on any atom is 0.253 e. The van der Waals surface area contributed by atoms with E-state index in [0.717, 1.165) is 17.1 Å². The van der Waals surface area contributed by atoms with E-state index in [4.69, 9.17) is 0 Å². The Morgan fingerprint density at radius 1 is 0.812 bits per heavy atom. The molecule has 3 unspecified atom stereocenters. The number of nitrogens with zero attached hydrogens (tertiary/aromatic N) is 1. The van der Waals surface area contributed by atoms with E-state index in [-0.39, 0.29) is 29.7 Å². The Morgan fingerprint density at radius 2 is 1.28 bits per heavy atom. The first kappa shape index (κ1) is 27.2. The van der Waals surface area contributed by atoms with Crippen molar-refractivity contribution in [1.82, 2.24) is 26.2 Å². The predicted molar refractivity (Wildman–Crippen MR) is 120 cm³/mol. The second-order valence-electron chi connectivity index (χ2n) is 7.06. The normalized spacial score (nSPS) is 15.6. The number of hydrogen-bond donors (Lipinski definition) is 4. The first-order valence-electron chi connectivity index (χ1n) is 9.82. The third kappa shape index (κ3) is 9.11.